The molecule has 3 rings (SSSR count). The molecular weight excluding hydrogens is 452 g/mol. The van der Waals surface area contributed by atoms with Crippen LogP contribution in [0.3, 0.4) is 0 Å². The molecule has 6 nitrogen and oxygen atoms in total. The molecule has 0 bridgehead atoms. The third-order valence-electron chi connectivity index (χ3n) is 3.50. The van der Waals surface area contributed by atoms with Crippen molar-refractivity contribution >= 4 is 68.2 Å². The molecular formula is C18H14BrClN4O2S. The molecule has 1 heterocycles. The van der Waals surface area contributed by atoms with Crippen LogP contribution in [0.5, 0.6) is 0 Å². The third-order valence-corrected chi connectivity index (χ3v) is 5.35. The van der Waals surface area contributed by atoms with Crippen molar-refractivity contribution in [2.24, 2.45) is 10.2 Å². The van der Waals surface area contributed by atoms with Gasteiger partial charge in [-0.25, -0.2) is 0 Å². The third kappa shape index (κ3) is 5.92. The smallest absolute Gasteiger partial charge is 0.238 e. The number of benzene rings is 2. The van der Waals surface area contributed by atoms with Gasteiger partial charge in [-0.2, -0.15) is 5.10 Å². The van der Waals surface area contributed by atoms with Crippen LogP contribution in [-0.2, 0) is 9.59 Å². The lowest BCUT2D eigenvalue weighted by molar-refractivity contribution is -0.123. The minimum absolute atomic E-state index is 0.0763. The van der Waals surface area contributed by atoms with Gasteiger partial charge in [-0.05, 0) is 42.0 Å². The maximum absolute atomic E-state index is 12.4. The van der Waals surface area contributed by atoms with Gasteiger partial charge in [0.1, 0.15) is 5.25 Å². The molecule has 1 saturated heterocycles. The predicted molar refractivity (Wildman–Crippen MR) is 113 cm³/mol. The van der Waals surface area contributed by atoms with Crippen molar-refractivity contribution in [1.29, 1.82) is 0 Å². The van der Waals surface area contributed by atoms with Crippen molar-refractivity contribution in [2.75, 3.05) is 5.32 Å². The number of amides is 2. The number of amidine groups is 1. The summed E-state index contributed by atoms with van der Waals surface area (Å²) in [6.45, 7) is 0. The summed E-state index contributed by atoms with van der Waals surface area (Å²) < 4.78 is 0.917. The van der Waals surface area contributed by atoms with Gasteiger partial charge >= 0.3 is 0 Å². The number of thioether (sulfide) groups is 1. The first-order chi connectivity index (χ1) is 13.0. The van der Waals surface area contributed by atoms with Gasteiger partial charge in [0.15, 0.2) is 5.17 Å². The second kappa shape index (κ2) is 9.16. The topological polar surface area (TPSA) is 82.9 Å². The summed E-state index contributed by atoms with van der Waals surface area (Å²) in [4.78, 5) is 24.3. The van der Waals surface area contributed by atoms with Crippen LogP contribution in [0.2, 0.25) is 5.02 Å². The molecule has 138 valence electrons. The summed E-state index contributed by atoms with van der Waals surface area (Å²) in [5, 5.41) is 13.7. The summed E-state index contributed by atoms with van der Waals surface area (Å²) in [6, 6.07) is 14.3. The molecule has 1 atom stereocenters. The van der Waals surface area contributed by atoms with Gasteiger partial charge in [0.25, 0.3) is 0 Å². The second-order valence-electron chi connectivity index (χ2n) is 5.56. The molecule has 1 aliphatic heterocycles. The number of halogens is 2. The molecule has 0 saturated carbocycles. The number of hydrogen-bond acceptors (Lipinski definition) is 5. The lowest BCUT2D eigenvalue weighted by Gasteiger charge is -2.21. The maximum atomic E-state index is 12.4. The standard InChI is InChI=1S/C18H14BrClN4O2S/c19-12-3-7-14(8-4-12)22-17(26)15-9-16(25)23-18(27-15)24-21-10-11-1-5-13(20)6-2-11/h1-8,10,15H,9H2,(H,22,26)(H,23,24,25)/b21-10-/t15-/m0/s1. The highest BCUT2D eigenvalue weighted by atomic mass is 79.9. The van der Waals surface area contributed by atoms with Crippen LogP contribution < -0.4 is 10.6 Å². The van der Waals surface area contributed by atoms with Gasteiger partial charge in [0, 0.05) is 21.6 Å². The summed E-state index contributed by atoms with van der Waals surface area (Å²) in [5.41, 5.74) is 1.48. The van der Waals surface area contributed by atoms with Crippen molar-refractivity contribution < 1.29 is 9.59 Å². The maximum Gasteiger partial charge on any atom is 0.238 e. The summed E-state index contributed by atoms with van der Waals surface area (Å²) in [5.74, 6) is -0.531. The Morgan fingerprint density at radius 2 is 1.93 bits per heavy atom. The van der Waals surface area contributed by atoms with Crippen LogP contribution in [0.15, 0.2) is 63.2 Å². The Bertz CT molecular complexity index is 901. The molecule has 1 fully saturated rings. The minimum atomic E-state index is -0.577. The Morgan fingerprint density at radius 1 is 1.22 bits per heavy atom. The molecule has 2 aromatic carbocycles. The highest BCUT2D eigenvalue weighted by Crippen LogP contribution is 2.23. The van der Waals surface area contributed by atoms with Crippen molar-refractivity contribution in [1.82, 2.24) is 5.32 Å². The van der Waals surface area contributed by atoms with Crippen LogP contribution in [0, 0.1) is 0 Å². The SMILES string of the molecule is O=C1C[C@@H](C(=O)Nc2ccc(Br)cc2)SC(=N/N=C\c2ccc(Cl)cc2)N1. The van der Waals surface area contributed by atoms with Crippen LogP contribution in [0.4, 0.5) is 5.69 Å². The van der Waals surface area contributed by atoms with Gasteiger partial charge < -0.3 is 10.6 Å². The van der Waals surface area contributed by atoms with E-state index in [1.807, 2.05) is 12.1 Å². The molecule has 0 spiro atoms. The minimum Gasteiger partial charge on any atom is -0.325 e. The van der Waals surface area contributed by atoms with E-state index in [9.17, 15) is 9.59 Å². The monoisotopic (exact) mass is 464 g/mol. The molecule has 0 radical (unpaired) electrons. The first kappa shape index (κ1) is 19.6. The Labute approximate surface area is 173 Å². The van der Waals surface area contributed by atoms with Crippen LogP contribution in [0.1, 0.15) is 12.0 Å². The highest BCUT2D eigenvalue weighted by molar-refractivity contribution is 9.10. The molecule has 0 aromatic heterocycles. The zero-order valence-corrected chi connectivity index (χ0v) is 17.0. The molecule has 0 aliphatic carbocycles. The Balaban J connectivity index is 1.64. The fourth-order valence-corrected chi connectivity index (χ4v) is 3.52. The van der Waals surface area contributed by atoms with E-state index in [1.54, 1.807) is 42.6 Å². The first-order valence-corrected chi connectivity index (χ1v) is 9.94. The largest absolute Gasteiger partial charge is 0.325 e. The zero-order chi connectivity index (χ0) is 19.2. The van der Waals surface area contributed by atoms with E-state index < -0.39 is 5.25 Å². The van der Waals surface area contributed by atoms with Crippen LogP contribution >= 0.6 is 39.3 Å². The van der Waals surface area contributed by atoms with Gasteiger partial charge in [0.2, 0.25) is 11.8 Å². The van der Waals surface area contributed by atoms with Gasteiger partial charge in [-0.3, -0.25) is 9.59 Å². The van der Waals surface area contributed by atoms with E-state index in [2.05, 4.69) is 36.8 Å². The fourth-order valence-electron chi connectivity index (χ4n) is 2.19. The van der Waals surface area contributed by atoms with E-state index in [0.29, 0.717) is 10.7 Å². The Hall–Kier alpha value is -2.16. The predicted octanol–water partition coefficient (Wildman–Crippen LogP) is 4.05. The van der Waals surface area contributed by atoms with Crippen molar-refractivity contribution in [3.05, 3.63) is 63.6 Å². The number of nitrogens with one attached hydrogen (secondary N) is 2. The van der Waals surface area contributed by atoms with E-state index >= 15 is 0 Å². The number of rotatable bonds is 4. The number of carbonyl (C=O) groups is 2. The summed E-state index contributed by atoms with van der Waals surface area (Å²) in [7, 11) is 0. The summed E-state index contributed by atoms with van der Waals surface area (Å²) >= 11 is 10.3. The number of hydrogen-bond donors (Lipinski definition) is 2. The molecule has 2 amide bonds. The lowest BCUT2D eigenvalue weighted by Crippen LogP contribution is -2.41. The number of carbonyl (C=O) groups excluding carboxylic acids is 2. The Morgan fingerprint density at radius 3 is 2.63 bits per heavy atom. The molecule has 2 aromatic rings. The van der Waals surface area contributed by atoms with E-state index in [4.69, 9.17) is 11.6 Å². The van der Waals surface area contributed by atoms with Crippen molar-refractivity contribution in [3.8, 4) is 0 Å². The van der Waals surface area contributed by atoms with Crippen molar-refractivity contribution in [3.63, 3.8) is 0 Å². The fraction of sp³-hybridized carbons (Fsp3) is 0.111. The molecule has 2 N–H and O–H groups in total. The average Bonchev–Trinajstić information content (AvgIpc) is 2.65. The van der Waals surface area contributed by atoms with E-state index in [1.165, 1.54) is 11.8 Å². The van der Waals surface area contributed by atoms with Crippen LogP contribution in [-0.4, -0.2) is 28.4 Å². The first-order valence-electron chi connectivity index (χ1n) is 7.89. The van der Waals surface area contributed by atoms with Crippen molar-refractivity contribution in [2.45, 2.75) is 11.7 Å². The Kier molecular flexibility index (Phi) is 6.65. The summed E-state index contributed by atoms with van der Waals surface area (Å²) in [6.07, 6.45) is 1.62. The van der Waals surface area contributed by atoms with E-state index in [0.717, 1.165) is 10.0 Å². The van der Waals surface area contributed by atoms with Gasteiger partial charge in [-0.15, -0.1) is 5.10 Å². The normalized spacial score (nSPS) is 18.5. The second-order valence-corrected chi connectivity index (χ2v) is 8.10. The van der Waals surface area contributed by atoms with Gasteiger partial charge in [-0.1, -0.05) is 51.4 Å². The zero-order valence-electron chi connectivity index (χ0n) is 13.9. The quantitative estimate of drug-likeness (QED) is 0.528. The molecule has 9 heteroatoms. The number of anilines is 1. The average molecular weight is 466 g/mol. The van der Waals surface area contributed by atoms with Crippen LogP contribution in [0.25, 0.3) is 0 Å². The van der Waals surface area contributed by atoms with Gasteiger partial charge in [0.05, 0.1) is 6.21 Å². The molecule has 27 heavy (non-hydrogen) atoms. The highest BCUT2D eigenvalue weighted by Gasteiger charge is 2.30. The number of nitrogens with zero attached hydrogens (tertiary/aromatic N) is 2. The van der Waals surface area contributed by atoms with E-state index in [-0.39, 0.29) is 23.4 Å². The lowest BCUT2D eigenvalue weighted by atomic mass is 10.2. The molecule has 0 unspecified atom stereocenters. The molecule has 1 aliphatic rings.